The maximum atomic E-state index is 13.0. The Hall–Kier alpha value is -2.57. The summed E-state index contributed by atoms with van der Waals surface area (Å²) in [5.74, 6) is -0.0418. The van der Waals surface area contributed by atoms with E-state index in [1.54, 1.807) is 17.0 Å². The number of anilines is 1. The Morgan fingerprint density at radius 1 is 1.04 bits per heavy atom. The Labute approximate surface area is 148 Å². The maximum absolute atomic E-state index is 13.0. The molecule has 0 unspecified atom stereocenters. The van der Waals surface area contributed by atoms with E-state index in [1.165, 1.54) is 24.3 Å². The highest BCUT2D eigenvalue weighted by Gasteiger charge is 2.31. The Balaban J connectivity index is 1.58. The maximum Gasteiger partial charge on any atom is 0.416 e. The van der Waals surface area contributed by atoms with Crippen molar-refractivity contribution in [1.29, 1.82) is 0 Å². The molecule has 0 radical (unpaired) electrons. The summed E-state index contributed by atoms with van der Waals surface area (Å²) in [5.41, 5.74) is 0.347. The smallest absolute Gasteiger partial charge is 0.324 e. The van der Waals surface area contributed by atoms with Gasteiger partial charge in [-0.2, -0.15) is 13.2 Å². The Bertz CT molecular complexity index is 766. The number of piperidine rings is 1. The van der Waals surface area contributed by atoms with Crippen LogP contribution in [-0.2, 0) is 6.18 Å². The Morgan fingerprint density at radius 2 is 1.69 bits per heavy atom. The van der Waals surface area contributed by atoms with E-state index in [2.05, 4.69) is 5.32 Å². The Morgan fingerprint density at radius 3 is 2.31 bits per heavy atom. The van der Waals surface area contributed by atoms with Gasteiger partial charge in [0.2, 0.25) is 0 Å². The minimum absolute atomic E-state index is 0.116. The fourth-order valence-corrected chi connectivity index (χ4v) is 3.13. The first-order valence-corrected chi connectivity index (χ1v) is 8.31. The van der Waals surface area contributed by atoms with Crippen LogP contribution in [0.3, 0.4) is 0 Å². The minimum atomic E-state index is -4.45. The molecule has 1 aliphatic heterocycles. The van der Waals surface area contributed by atoms with Crippen molar-refractivity contribution in [3.8, 4) is 0 Å². The van der Waals surface area contributed by atoms with E-state index in [0.29, 0.717) is 13.1 Å². The molecule has 3 rings (SSSR count). The number of benzene rings is 2. The van der Waals surface area contributed by atoms with Crippen molar-refractivity contribution in [1.82, 2.24) is 4.90 Å². The van der Waals surface area contributed by atoms with Gasteiger partial charge < -0.3 is 10.2 Å². The molecule has 0 atom stereocenters. The number of hydrogen-bond donors (Lipinski definition) is 1. The zero-order valence-electron chi connectivity index (χ0n) is 13.9. The fraction of sp³-hybridized carbons (Fsp3) is 0.316. The predicted molar refractivity (Wildman–Crippen MR) is 90.4 cm³/mol. The van der Waals surface area contributed by atoms with Crippen LogP contribution in [0.15, 0.2) is 48.5 Å². The molecule has 26 heavy (non-hydrogen) atoms. The normalized spacial score (nSPS) is 15.8. The molecule has 1 N–H and O–H groups in total. The third kappa shape index (κ3) is 4.33. The van der Waals surface area contributed by atoms with Crippen molar-refractivity contribution in [3.63, 3.8) is 0 Å². The molecular formula is C19H18F4N2O. The molecule has 7 heteroatoms. The van der Waals surface area contributed by atoms with Crippen LogP contribution in [0, 0.1) is 5.82 Å². The lowest BCUT2D eigenvalue weighted by Gasteiger charge is -2.32. The van der Waals surface area contributed by atoms with Crippen LogP contribution in [0.2, 0.25) is 0 Å². The average molecular weight is 366 g/mol. The lowest BCUT2D eigenvalue weighted by atomic mass is 9.89. The number of nitrogens with zero attached hydrogens (tertiary/aromatic N) is 1. The van der Waals surface area contributed by atoms with E-state index in [1.807, 2.05) is 0 Å². The lowest BCUT2D eigenvalue weighted by Crippen LogP contribution is -2.40. The molecule has 1 fully saturated rings. The average Bonchev–Trinajstić information content (AvgIpc) is 2.62. The highest BCUT2D eigenvalue weighted by Crippen LogP contribution is 2.31. The molecule has 2 aromatic rings. The monoisotopic (exact) mass is 366 g/mol. The van der Waals surface area contributed by atoms with Crippen molar-refractivity contribution in [2.75, 3.05) is 18.4 Å². The lowest BCUT2D eigenvalue weighted by molar-refractivity contribution is -0.137. The highest BCUT2D eigenvalue weighted by molar-refractivity contribution is 5.89. The first kappa shape index (κ1) is 18.2. The highest BCUT2D eigenvalue weighted by atomic mass is 19.4. The van der Waals surface area contributed by atoms with Crippen LogP contribution >= 0.6 is 0 Å². The van der Waals surface area contributed by atoms with Gasteiger partial charge in [-0.3, -0.25) is 0 Å². The van der Waals surface area contributed by atoms with Gasteiger partial charge in [0.25, 0.3) is 0 Å². The first-order chi connectivity index (χ1) is 12.3. The number of carbonyl (C=O) groups excluding carboxylic acids is 1. The summed E-state index contributed by atoms with van der Waals surface area (Å²) >= 11 is 0. The molecule has 1 heterocycles. The largest absolute Gasteiger partial charge is 0.416 e. The summed E-state index contributed by atoms with van der Waals surface area (Å²) in [5, 5.41) is 2.52. The topological polar surface area (TPSA) is 32.3 Å². The van der Waals surface area contributed by atoms with Gasteiger partial charge in [0.05, 0.1) is 5.56 Å². The number of urea groups is 1. The summed E-state index contributed by atoms with van der Waals surface area (Å²) in [7, 11) is 0. The summed E-state index contributed by atoms with van der Waals surface area (Å²) < 4.78 is 51.2. The standard InChI is InChI=1S/C19H18F4N2O/c20-16-6-4-13(5-7-16)14-8-10-25(11-9-14)18(26)24-17-3-1-2-15(12-17)19(21,22)23/h1-7,12,14H,8-11H2,(H,24,26). The van der Waals surface area contributed by atoms with Crippen LogP contribution in [-0.4, -0.2) is 24.0 Å². The number of halogens is 4. The third-order valence-electron chi connectivity index (χ3n) is 4.56. The minimum Gasteiger partial charge on any atom is -0.324 e. The van der Waals surface area contributed by atoms with Crippen molar-refractivity contribution in [3.05, 3.63) is 65.5 Å². The number of amides is 2. The molecule has 0 spiro atoms. The van der Waals surface area contributed by atoms with E-state index >= 15 is 0 Å². The molecule has 2 aromatic carbocycles. The molecule has 0 saturated carbocycles. The number of rotatable bonds is 2. The molecule has 138 valence electrons. The van der Waals surface area contributed by atoms with Crippen LogP contribution in [0.25, 0.3) is 0 Å². The molecule has 0 aromatic heterocycles. The zero-order valence-corrected chi connectivity index (χ0v) is 13.9. The first-order valence-electron chi connectivity index (χ1n) is 8.31. The number of alkyl halides is 3. The number of nitrogens with one attached hydrogen (secondary N) is 1. The number of likely N-dealkylation sites (tertiary alicyclic amines) is 1. The molecule has 0 aliphatic carbocycles. The molecule has 3 nitrogen and oxygen atoms in total. The molecule has 0 bridgehead atoms. The Kier molecular flexibility index (Phi) is 5.15. The van der Waals surface area contributed by atoms with Gasteiger partial charge in [0.1, 0.15) is 5.82 Å². The van der Waals surface area contributed by atoms with Crippen LogP contribution in [0.1, 0.15) is 29.9 Å². The molecule has 1 aliphatic rings. The predicted octanol–water partition coefficient (Wildman–Crippen LogP) is 5.26. The van der Waals surface area contributed by atoms with E-state index < -0.39 is 17.8 Å². The second kappa shape index (κ2) is 7.35. The SMILES string of the molecule is O=C(Nc1cccc(C(F)(F)F)c1)N1CCC(c2ccc(F)cc2)CC1. The fourth-order valence-electron chi connectivity index (χ4n) is 3.13. The van der Waals surface area contributed by atoms with Crippen molar-refractivity contribution < 1.29 is 22.4 Å². The second-order valence-corrected chi connectivity index (χ2v) is 6.32. The summed E-state index contributed by atoms with van der Waals surface area (Å²) in [6, 6.07) is 10.5. The van der Waals surface area contributed by atoms with Crippen LogP contribution in [0.4, 0.5) is 28.0 Å². The zero-order chi connectivity index (χ0) is 18.7. The van der Waals surface area contributed by atoms with E-state index in [-0.39, 0.29) is 17.4 Å². The van der Waals surface area contributed by atoms with Crippen molar-refractivity contribution >= 4 is 11.7 Å². The van der Waals surface area contributed by atoms with Gasteiger partial charge >= 0.3 is 12.2 Å². The van der Waals surface area contributed by atoms with Crippen molar-refractivity contribution in [2.24, 2.45) is 0 Å². The molecular weight excluding hydrogens is 348 g/mol. The van der Waals surface area contributed by atoms with Gasteiger partial charge in [0.15, 0.2) is 0 Å². The van der Waals surface area contributed by atoms with Gasteiger partial charge in [0, 0.05) is 18.8 Å². The van der Waals surface area contributed by atoms with E-state index in [4.69, 9.17) is 0 Å². The number of hydrogen-bond acceptors (Lipinski definition) is 1. The quantitative estimate of drug-likeness (QED) is 0.723. The number of carbonyl (C=O) groups is 1. The second-order valence-electron chi connectivity index (χ2n) is 6.32. The summed E-state index contributed by atoms with van der Waals surface area (Å²) in [4.78, 5) is 13.9. The van der Waals surface area contributed by atoms with E-state index in [9.17, 15) is 22.4 Å². The van der Waals surface area contributed by atoms with Crippen LogP contribution in [0.5, 0.6) is 0 Å². The van der Waals surface area contributed by atoms with Crippen LogP contribution < -0.4 is 5.32 Å². The van der Waals surface area contributed by atoms with Gasteiger partial charge in [-0.15, -0.1) is 0 Å². The van der Waals surface area contributed by atoms with Gasteiger partial charge in [-0.25, -0.2) is 9.18 Å². The molecule has 2 amide bonds. The summed E-state index contributed by atoms with van der Waals surface area (Å²) in [6.07, 6.45) is -3.00. The van der Waals surface area contributed by atoms with E-state index in [0.717, 1.165) is 30.5 Å². The van der Waals surface area contributed by atoms with Gasteiger partial charge in [-0.1, -0.05) is 18.2 Å². The summed E-state index contributed by atoms with van der Waals surface area (Å²) in [6.45, 7) is 0.986. The third-order valence-corrected chi connectivity index (χ3v) is 4.56. The van der Waals surface area contributed by atoms with Crippen molar-refractivity contribution in [2.45, 2.75) is 24.9 Å². The van der Waals surface area contributed by atoms with Gasteiger partial charge in [-0.05, 0) is 54.7 Å². The molecule has 1 saturated heterocycles.